The number of aliphatic hydroxyl groups excluding tert-OH is 1. The molecule has 0 fully saturated rings. The van der Waals surface area contributed by atoms with E-state index < -0.39 is 6.10 Å². The lowest BCUT2D eigenvalue weighted by atomic mass is 10.2. The molecule has 7 nitrogen and oxygen atoms in total. The van der Waals surface area contributed by atoms with Gasteiger partial charge in [0.2, 0.25) is 0 Å². The van der Waals surface area contributed by atoms with E-state index in [0.29, 0.717) is 30.4 Å². The SMILES string of the molecule is CC(O)CCNC(=O)Nc1ccc(-c2nc(C(C)C)no2)cc1. The first-order valence-corrected chi connectivity index (χ1v) is 7.62. The molecule has 0 bridgehead atoms. The summed E-state index contributed by atoms with van der Waals surface area (Å²) < 4.78 is 5.22. The summed E-state index contributed by atoms with van der Waals surface area (Å²) in [6.07, 6.45) is 0.0848. The van der Waals surface area contributed by atoms with Gasteiger partial charge in [-0.1, -0.05) is 19.0 Å². The number of hydrogen-bond acceptors (Lipinski definition) is 5. The Labute approximate surface area is 135 Å². The largest absolute Gasteiger partial charge is 0.393 e. The van der Waals surface area contributed by atoms with Crippen molar-refractivity contribution in [3.63, 3.8) is 0 Å². The average molecular weight is 318 g/mol. The summed E-state index contributed by atoms with van der Waals surface area (Å²) in [5.41, 5.74) is 1.45. The molecule has 2 rings (SSSR count). The molecule has 1 aromatic heterocycles. The highest BCUT2D eigenvalue weighted by Gasteiger charge is 2.11. The Morgan fingerprint density at radius 1 is 1.26 bits per heavy atom. The number of rotatable bonds is 6. The molecule has 1 aromatic carbocycles. The fourth-order valence-corrected chi connectivity index (χ4v) is 1.85. The normalized spacial score (nSPS) is 12.2. The third kappa shape index (κ3) is 5.07. The summed E-state index contributed by atoms with van der Waals surface area (Å²) in [7, 11) is 0. The van der Waals surface area contributed by atoms with Gasteiger partial charge in [0, 0.05) is 23.7 Å². The van der Waals surface area contributed by atoms with Gasteiger partial charge in [-0.15, -0.1) is 0 Å². The molecular weight excluding hydrogens is 296 g/mol. The Bertz CT molecular complexity index is 635. The first-order valence-electron chi connectivity index (χ1n) is 7.62. The maximum absolute atomic E-state index is 11.7. The summed E-state index contributed by atoms with van der Waals surface area (Å²) in [5, 5.41) is 18.5. The minimum absolute atomic E-state index is 0.207. The van der Waals surface area contributed by atoms with Crippen molar-refractivity contribution >= 4 is 11.7 Å². The van der Waals surface area contributed by atoms with Crippen LogP contribution in [0.2, 0.25) is 0 Å². The molecule has 2 aromatic rings. The zero-order chi connectivity index (χ0) is 16.8. The highest BCUT2D eigenvalue weighted by atomic mass is 16.5. The molecule has 1 atom stereocenters. The van der Waals surface area contributed by atoms with E-state index in [1.165, 1.54) is 0 Å². The Kier molecular flexibility index (Phi) is 5.70. The summed E-state index contributed by atoms with van der Waals surface area (Å²) in [4.78, 5) is 16.0. The van der Waals surface area contributed by atoms with Crippen LogP contribution in [0.1, 0.15) is 38.9 Å². The van der Waals surface area contributed by atoms with Crippen LogP contribution in [-0.4, -0.2) is 33.9 Å². The number of nitrogens with zero attached hydrogens (tertiary/aromatic N) is 2. The Balaban J connectivity index is 1.92. The third-order valence-electron chi connectivity index (χ3n) is 3.20. The summed E-state index contributed by atoms with van der Waals surface area (Å²) >= 11 is 0. The van der Waals surface area contributed by atoms with Crippen molar-refractivity contribution in [1.29, 1.82) is 0 Å². The van der Waals surface area contributed by atoms with Crippen LogP contribution in [0.3, 0.4) is 0 Å². The standard InChI is InChI=1S/C16H22N4O3/c1-10(2)14-19-15(23-20-14)12-4-6-13(7-5-12)18-16(22)17-9-8-11(3)21/h4-7,10-11,21H,8-9H2,1-3H3,(H2,17,18,22). The second-order valence-corrected chi connectivity index (χ2v) is 5.71. The quantitative estimate of drug-likeness (QED) is 0.760. The van der Waals surface area contributed by atoms with Crippen molar-refractivity contribution in [1.82, 2.24) is 15.5 Å². The van der Waals surface area contributed by atoms with Crippen molar-refractivity contribution in [3.05, 3.63) is 30.1 Å². The lowest BCUT2D eigenvalue weighted by molar-refractivity contribution is 0.184. The van der Waals surface area contributed by atoms with Crippen molar-refractivity contribution < 1.29 is 14.4 Å². The molecule has 1 heterocycles. The predicted octanol–water partition coefficient (Wildman–Crippen LogP) is 2.75. The predicted molar refractivity (Wildman–Crippen MR) is 87.1 cm³/mol. The molecule has 0 saturated heterocycles. The van der Waals surface area contributed by atoms with E-state index in [1.807, 2.05) is 26.0 Å². The van der Waals surface area contributed by atoms with Gasteiger partial charge in [-0.2, -0.15) is 4.98 Å². The second-order valence-electron chi connectivity index (χ2n) is 5.71. The fraction of sp³-hybridized carbons (Fsp3) is 0.438. The van der Waals surface area contributed by atoms with Gasteiger partial charge in [-0.05, 0) is 37.6 Å². The molecule has 0 radical (unpaired) electrons. The Hall–Kier alpha value is -2.41. The summed E-state index contributed by atoms with van der Waals surface area (Å²) in [6, 6.07) is 6.84. The minimum Gasteiger partial charge on any atom is -0.393 e. The van der Waals surface area contributed by atoms with Crippen molar-refractivity contribution in [3.8, 4) is 11.5 Å². The van der Waals surface area contributed by atoms with Crippen LogP contribution in [0.5, 0.6) is 0 Å². The number of nitrogens with one attached hydrogen (secondary N) is 2. The van der Waals surface area contributed by atoms with Gasteiger partial charge >= 0.3 is 6.03 Å². The van der Waals surface area contributed by atoms with Crippen LogP contribution in [-0.2, 0) is 0 Å². The molecule has 3 N–H and O–H groups in total. The summed E-state index contributed by atoms with van der Waals surface area (Å²) in [5.74, 6) is 1.33. The Morgan fingerprint density at radius 3 is 2.52 bits per heavy atom. The number of amides is 2. The molecule has 7 heteroatoms. The lowest BCUT2D eigenvalue weighted by Crippen LogP contribution is -2.30. The first-order chi connectivity index (χ1) is 11.0. The van der Waals surface area contributed by atoms with Gasteiger partial charge in [0.25, 0.3) is 5.89 Å². The smallest absolute Gasteiger partial charge is 0.319 e. The minimum atomic E-state index is -0.431. The van der Waals surface area contributed by atoms with Crippen LogP contribution in [0.4, 0.5) is 10.5 Å². The van der Waals surface area contributed by atoms with Gasteiger partial charge in [-0.25, -0.2) is 4.79 Å². The van der Waals surface area contributed by atoms with E-state index in [9.17, 15) is 4.79 Å². The number of urea groups is 1. The number of aromatic nitrogens is 2. The van der Waals surface area contributed by atoms with Crippen LogP contribution in [0, 0.1) is 0 Å². The van der Waals surface area contributed by atoms with Crippen LogP contribution >= 0.6 is 0 Å². The zero-order valence-corrected chi connectivity index (χ0v) is 13.5. The highest BCUT2D eigenvalue weighted by molar-refractivity contribution is 5.89. The van der Waals surface area contributed by atoms with Crippen LogP contribution in [0.15, 0.2) is 28.8 Å². The molecule has 0 aliphatic rings. The van der Waals surface area contributed by atoms with E-state index in [1.54, 1.807) is 19.1 Å². The van der Waals surface area contributed by atoms with Gasteiger partial charge in [0.1, 0.15) is 0 Å². The zero-order valence-electron chi connectivity index (χ0n) is 13.5. The number of carbonyl (C=O) groups is 1. The molecule has 0 saturated carbocycles. The summed E-state index contributed by atoms with van der Waals surface area (Å²) in [6.45, 7) is 6.09. The van der Waals surface area contributed by atoms with Gasteiger partial charge in [-0.3, -0.25) is 0 Å². The second kappa shape index (κ2) is 7.73. The molecule has 1 unspecified atom stereocenters. The fourth-order valence-electron chi connectivity index (χ4n) is 1.85. The van der Waals surface area contributed by atoms with E-state index in [4.69, 9.17) is 9.63 Å². The van der Waals surface area contributed by atoms with E-state index >= 15 is 0 Å². The first kappa shape index (κ1) is 17.0. The maximum Gasteiger partial charge on any atom is 0.319 e. The number of benzene rings is 1. The number of carbonyl (C=O) groups excluding carboxylic acids is 1. The lowest BCUT2D eigenvalue weighted by Gasteiger charge is -2.08. The van der Waals surface area contributed by atoms with Crippen molar-refractivity contribution in [2.45, 2.75) is 39.2 Å². The third-order valence-corrected chi connectivity index (χ3v) is 3.20. The molecule has 124 valence electrons. The highest BCUT2D eigenvalue weighted by Crippen LogP contribution is 2.21. The van der Waals surface area contributed by atoms with Crippen LogP contribution in [0.25, 0.3) is 11.5 Å². The monoisotopic (exact) mass is 318 g/mol. The van der Waals surface area contributed by atoms with Gasteiger partial charge < -0.3 is 20.3 Å². The van der Waals surface area contributed by atoms with Gasteiger partial charge in [0.15, 0.2) is 5.82 Å². The molecule has 2 amide bonds. The van der Waals surface area contributed by atoms with E-state index in [0.717, 1.165) is 5.56 Å². The topological polar surface area (TPSA) is 100 Å². The Morgan fingerprint density at radius 2 is 1.96 bits per heavy atom. The van der Waals surface area contributed by atoms with Gasteiger partial charge in [0.05, 0.1) is 6.10 Å². The molecule has 0 aliphatic heterocycles. The van der Waals surface area contributed by atoms with Crippen molar-refractivity contribution in [2.24, 2.45) is 0 Å². The maximum atomic E-state index is 11.7. The number of anilines is 1. The molecule has 23 heavy (non-hydrogen) atoms. The molecular formula is C16H22N4O3. The van der Waals surface area contributed by atoms with E-state index in [-0.39, 0.29) is 11.9 Å². The van der Waals surface area contributed by atoms with Crippen molar-refractivity contribution in [2.75, 3.05) is 11.9 Å². The number of aliphatic hydroxyl groups is 1. The molecule has 0 spiro atoms. The average Bonchev–Trinajstić information content (AvgIpc) is 2.97. The van der Waals surface area contributed by atoms with E-state index in [2.05, 4.69) is 20.8 Å². The number of hydrogen-bond donors (Lipinski definition) is 3. The molecule has 0 aliphatic carbocycles. The van der Waals surface area contributed by atoms with Crippen LogP contribution < -0.4 is 10.6 Å².